The highest BCUT2D eigenvalue weighted by Gasteiger charge is 2.34. The smallest absolute Gasteiger partial charge is 0.336 e. The third kappa shape index (κ3) is 1.86. The van der Waals surface area contributed by atoms with Crippen LogP contribution in [0.25, 0.3) is 16.5 Å². The zero-order chi connectivity index (χ0) is 15.5. The number of benzene rings is 1. The van der Waals surface area contributed by atoms with Crippen molar-refractivity contribution in [3.8, 4) is 11.5 Å². The minimum absolute atomic E-state index is 0.0681. The van der Waals surface area contributed by atoms with Crippen LogP contribution in [-0.4, -0.2) is 10.7 Å². The molecule has 0 aliphatic carbocycles. The third-order valence-electron chi connectivity index (χ3n) is 4.36. The van der Waals surface area contributed by atoms with Crippen LogP contribution >= 0.6 is 0 Å². The molecule has 0 atom stereocenters. The van der Waals surface area contributed by atoms with E-state index in [2.05, 4.69) is 0 Å². The van der Waals surface area contributed by atoms with Crippen molar-refractivity contribution in [2.45, 2.75) is 40.2 Å². The zero-order valence-corrected chi connectivity index (χ0v) is 12.8. The normalized spacial score (nSPS) is 16.8. The van der Waals surface area contributed by atoms with E-state index in [1.165, 1.54) is 12.1 Å². The van der Waals surface area contributed by atoms with Crippen molar-refractivity contribution >= 4 is 16.5 Å². The summed E-state index contributed by atoms with van der Waals surface area (Å²) < 4.78 is 11.3. The highest BCUT2D eigenvalue weighted by Crippen LogP contribution is 2.48. The molecular weight excluding hydrogens is 268 g/mol. The first-order valence-corrected chi connectivity index (χ1v) is 6.90. The Kier molecular flexibility index (Phi) is 2.70. The Morgan fingerprint density at radius 1 is 1.14 bits per heavy atom. The molecule has 0 fully saturated rings. The lowest BCUT2D eigenvalue weighted by Crippen LogP contribution is -2.33. The lowest BCUT2D eigenvalue weighted by atomic mass is 9.86. The maximum atomic E-state index is 11.5. The Morgan fingerprint density at radius 2 is 1.81 bits per heavy atom. The van der Waals surface area contributed by atoms with Crippen LogP contribution in [0, 0.1) is 6.92 Å². The Labute approximate surface area is 122 Å². The maximum Gasteiger partial charge on any atom is 0.336 e. The van der Waals surface area contributed by atoms with Crippen LogP contribution in [0.5, 0.6) is 11.5 Å². The molecule has 3 rings (SSSR count). The summed E-state index contributed by atoms with van der Waals surface area (Å²) in [5, 5.41) is 11.1. The van der Waals surface area contributed by atoms with Crippen molar-refractivity contribution in [2.75, 3.05) is 0 Å². The summed E-state index contributed by atoms with van der Waals surface area (Å²) in [6.07, 6.45) is 0. The second-order valence-corrected chi connectivity index (χ2v) is 6.08. The number of rotatable bonds is 0. The molecule has 1 aromatic heterocycles. The predicted octanol–water partition coefficient (Wildman–Crippen LogP) is 3.77. The number of hydrogen-bond acceptors (Lipinski definition) is 4. The second kappa shape index (κ2) is 4.13. The molecule has 1 N–H and O–H groups in total. The fraction of sp³-hybridized carbons (Fsp3) is 0.353. The lowest BCUT2D eigenvalue weighted by molar-refractivity contribution is 0.146. The summed E-state index contributed by atoms with van der Waals surface area (Å²) in [7, 11) is 0. The molecule has 110 valence electrons. The Bertz CT molecular complexity index is 853. The van der Waals surface area contributed by atoms with Crippen molar-refractivity contribution in [2.24, 2.45) is 0 Å². The van der Waals surface area contributed by atoms with Gasteiger partial charge in [-0.15, -0.1) is 0 Å². The van der Waals surface area contributed by atoms with Gasteiger partial charge in [0.2, 0.25) is 0 Å². The van der Waals surface area contributed by atoms with E-state index < -0.39 is 11.2 Å². The van der Waals surface area contributed by atoms with E-state index in [9.17, 15) is 9.90 Å². The summed E-state index contributed by atoms with van der Waals surface area (Å²) >= 11 is 0. The van der Waals surface area contributed by atoms with Crippen LogP contribution in [0.2, 0.25) is 0 Å². The molecule has 0 spiro atoms. The van der Waals surface area contributed by atoms with Crippen LogP contribution in [0.4, 0.5) is 0 Å². The van der Waals surface area contributed by atoms with Gasteiger partial charge in [-0.2, -0.15) is 0 Å². The number of aromatic hydroxyl groups is 1. The predicted molar refractivity (Wildman–Crippen MR) is 81.9 cm³/mol. The van der Waals surface area contributed by atoms with Gasteiger partial charge < -0.3 is 14.3 Å². The summed E-state index contributed by atoms with van der Waals surface area (Å²) in [5.41, 5.74) is 2.96. The molecular formula is C17H18O4. The number of allylic oxidation sites excluding steroid dienone is 1. The standard InChI is InChI=1S/C17H18O4/c1-8-6-13(19)20-12-7-11(18)15-9(2)10(3)17(4,5)21-16(15)14(8)12/h6-7,18H,1-5H3. The van der Waals surface area contributed by atoms with Crippen LogP contribution in [0.3, 0.4) is 0 Å². The molecule has 0 bridgehead atoms. The SMILES string of the molecule is CC1=C(C)C(C)(C)Oc2c1c(O)cc1oc(=O)cc(C)c21. The zero-order valence-electron chi connectivity index (χ0n) is 12.8. The van der Waals surface area contributed by atoms with Crippen molar-refractivity contribution in [3.63, 3.8) is 0 Å². The van der Waals surface area contributed by atoms with Gasteiger partial charge in [-0.25, -0.2) is 4.79 Å². The van der Waals surface area contributed by atoms with E-state index in [0.717, 1.165) is 22.1 Å². The number of phenolic OH excluding ortho intramolecular Hbond substituents is 1. The first-order chi connectivity index (χ1) is 9.72. The van der Waals surface area contributed by atoms with Gasteiger partial charge in [0.1, 0.15) is 22.7 Å². The van der Waals surface area contributed by atoms with E-state index in [0.29, 0.717) is 16.9 Å². The molecule has 4 heteroatoms. The van der Waals surface area contributed by atoms with E-state index in [-0.39, 0.29) is 5.75 Å². The van der Waals surface area contributed by atoms with Gasteiger partial charge in [-0.05, 0) is 51.3 Å². The number of aryl methyl sites for hydroxylation is 1. The molecule has 1 aromatic carbocycles. The quantitative estimate of drug-likeness (QED) is 0.749. The van der Waals surface area contributed by atoms with Gasteiger partial charge in [-0.3, -0.25) is 0 Å². The third-order valence-corrected chi connectivity index (χ3v) is 4.36. The van der Waals surface area contributed by atoms with Crippen molar-refractivity contribution in [1.82, 2.24) is 0 Å². The molecule has 0 radical (unpaired) electrons. The molecule has 4 nitrogen and oxygen atoms in total. The topological polar surface area (TPSA) is 59.7 Å². The monoisotopic (exact) mass is 286 g/mol. The fourth-order valence-corrected chi connectivity index (χ4v) is 2.90. The van der Waals surface area contributed by atoms with Gasteiger partial charge in [0.15, 0.2) is 0 Å². The molecule has 2 aromatic rings. The van der Waals surface area contributed by atoms with Crippen LogP contribution in [0.1, 0.15) is 38.8 Å². The molecule has 0 unspecified atom stereocenters. The average molecular weight is 286 g/mol. The maximum absolute atomic E-state index is 11.5. The van der Waals surface area contributed by atoms with Gasteiger partial charge in [0.25, 0.3) is 0 Å². The van der Waals surface area contributed by atoms with Crippen molar-refractivity contribution < 1.29 is 14.3 Å². The van der Waals surface area contributed by atoms with Gasteiger partial charge in [-0.1, -0.05) is 0 Å². The number of fused-ring (bicyclic) bond motifs is 3. The van der Waals surface area contributed by atoms with E-state index >= 15 is 0 Å². The van der Waals surface area contributed by atoms with Gasteiger partial charge in [0.05, 0.1) is 10.9 Å². The Morgan fingerprint density at radius 3 is 2.48 bits per heavy atom. The van der Waals surface area contributed by atoms with Crippen LogP contribution in [-0.2, 0) is 0 Å². The summed E-state index contributed by atoms with van der Waals surface area (Å²) in [4.78, 5) is 11.5. The number of hydrogen-bond donors (Lipinski definition) is 1. The van der Waals surface area contributed by atoms with E-state index in [1.807, 2.05) is 34.6 Å². The molecule has 21 heavy (non-hydrogen) atoms. The fourth-order valence-electron chi connectivity index (χ4n) is 2.90. The number of phenols is 1. The molecule has 0 saturated carbocycles. The van der Waals surface area contributed by atoms with Crippen LogP contribution < -0.4 is 10.4 Å². The lowest BCUT2D eigenvalue weighted by Gasteiger charge is -2.35. The first-order valence-electron chi connectivity index (χ1n) is 6.90. The summed E-state index contributed by atoms with van der Waals surface area (Å²) in [5.74, 6) is 0.651. The first kappa shape index (κ1) is 13.7. The Hall–Kier alpha value is -2.23. The van der Waals surface area contributed by atoms with Gasteiger partial charge in [0, 0.05) is 12.1 Å². The summed E-state index contributed by atoms with van der Waals surface area (Å²) in [6, 6.07) is 2.93. The largest absolute Gasteiger partial charge is 0.507 e. The molecule has 0 saturated heterocycles. The van der Waals surface area contributed by atoms with Gasteiger partial charge >= 0.3 is 5.63 Å². The second-order valence-electron chi connectivity index (χ2n) is 6.08. The Balaban J connectivity index is 2.52. The van der Waals surface area contributed by atoms with Crippen molar-refractivity contribution in [3.05, 3.63) is 39.3 Å². The molecule has 1 aliphatic rings. The average Bonchev–Trinajstić information content (AvgIpc) is 2.34. The minimum atomic E-state index is -0.472. The highest BCUT2D eigenvalue weighted by atomic mass is 16.5. The van der Waals surface area contributed by atoms with E-state index in [1.54, 1.807) is 0 Å². The van der Waals surface area contributed by atoms with Crippen LogP contribution in [0.15, 0.2) is 26.9 Å². The van der Waals surface area contributed by atoms with Crippen molar-refractivity contribution in [1.29, 1.82) is 0 Å². The van der Waals surface area contributed by atoms with E-state index in [4.69, 9.17) is 9.15 Å². The summed E-state index contributed by atoms with van der Waals surface area (Å²) in [6.45, 7) is 9.78. The molecule has 1 aliphatic heterocycles. The number of ether oxygens (including phenoxy) is 1. The highest BCUT2D eigenvalue weighted by molar-refractivity contribution is 5.96. The molecule has 0 amide bonds. The molecule has 2 heterocycles. The minimum Gasteiger partial charge on any atom is -0.507 e.